The molecule has 138 valence electrons. The fraction of sp³-hybridized carbons (Fsp3) is 0.444. The number of amides is 1. The first-order valence-corrected chi connectivity index (χ1v) is 9.52. The second kappa shape index (κ2) is 7.41. The van der Waals surface area contributed by atoms with E-state index in [-0.39, 0.29) is 23.9 Å². The third-order valence-corrected chi connectivity index (χ3v) is 5.80. The van der Waals surface area contributed by atoms with Crippen molar-refractivity contribution in [2.75, 3.05) is 5.32 Å². The molecular formula is C18H23N5O2S. The molecule has 8 heteroatoms. The van der Waals surface area contributed by atoms with Crippen LogP contribution in [-0.2, 0) is 11.3 Å². The standard InChI is InChI=1S/C18H23N5O2S/c1-5-11(2)23-14(6-8-20-23)21-15(24)7-9-22-10-19-17-16(18(22)25)12(3)13(4)26-17/h6,8,10-11H,5,7,9H2,1-4H3,(H,21,24). The quantitative estimate of drug-likeness (QED) is 0.719. The van der Waals surface area contributed by atoms with Gasteiger partial charge in [-0.2, -0.15) is 5.10 Å². The Hall–Kier alpha value is -2.48. The van der Waals surface area contributed by atoms with Crippen LogP contribution in [0.5, 0.6) is 0 Å². The van der Waals surface area contributed by atoms with Crippen molar-refractivity contribution >= 4 is 33.3 Å². The third kappa shape index (κ3) is 3.41. The van der Waals surface area contributed by atoms with E-state index in [0.29, 0.717) is 17.7 Å². The zero-order chi connectivity index (χ0) is 18.8. The summed E-state index contributed by atoms with van der Waals surface area (Å²) < 4.78 is 3.31. The number of anilines is 1. The van der Waals surface area contributed by atoms with Crippen molar-refractivity contribution in [1.82, 2.24) is 19.3 Å². The van der Waals surface area contributed by atoms with E-state index in [0.717, 1.165) is 21.7 Å². The number of nitrogens with zero attached hydrogens (tertiary/aromatic N) is 4. The minimum atomic E-state index is -0.153. The Bertz CT molecular complexity index is 1000. The van der Waals surface area contributed by atoms with Gasteiger partial charge in [-0.15, -0.1) is 11.3 Å². The number of thiophene rings is 1. The second-order valence-electron chi connectivity index (χ2n) is 6.42. The van der Waals surface area contributed by atoms with Gasteiger partial charge >= 0.3 is 0 Å². The summed E-state index contributed by atoms with van der Waals surface area (Å²) in [5, 5.41) is 7.79. The Labute approximate surface area is 155 Å². The van der Waals surface area contributed by atoms with Crippen molar-refractivity contribution in [3.8, 4) is 0 Å². The molecule has 0 saturated carbocycles. The molecule has 0 aliphatic heterocycles. The van der Waals surface area contributed by atoms with E-state index in [9.17, 15) is 9.59 Å². The minimum absolute atomic E-state index is 0.0886. The molecular weight excluding hydrogens is 350 g/mol. The van der Waals surface area contributed by atoms with Gasteiger partial charge in [-0.1, -0.05) is 6.92 Å². The number of aryl methyl sites for hydroxylation is 3. The number of aromatic nitrogens is 4. The Morgan fingerprint density at radius 1 is 1.38 bits per heavy atom. The molecule has 0 fully saturated rings. The Kier molecular flexibility index (Phi) is 5.22. The molecule has 0 saturated heterocycles. The maximum Gasteiger partial charge on any atom is 0.262 e. The van der Waals surface area contributed by atoms with Crippen LogP contribution in [0.25, 0.3) is 10.2 Å². The minimum Gasteiger partial charge on any atom is -0.311 e. The molecule has 0 radical (unpaired) electrons. The van der Waals surface area contributed by atoms with Gasteiger partial charge in [-0.25, -0.2) is 9.67 Å². The summed E-state index contributed by atoms with van der Waals surface area (Å²) in [6.07, 6.45) is 4.31. The van der Waals surface area contributed by atoms with Crippen LogP contribution < -0.4 is 10.9 Å². The van der Waals surface area contributed by atoms with E-state index in [4.69, 9.17) is 0 Å². The summed E-state index contributed by atoms with van der Waals surface area (Å²) in [4.78, 5) is 31.2. The maximum atomic E-state index is 12.7. The molecule has 1 atom stereocenters. The van der Waals surface area contributed by atoms with Crippen LogP contribution in [0.3, 0.4) is 0 Å². The fourth-order valence-corrected chi connectivity index (χ4v) is 3.78. The average molecular weight is 373 g/mol. The van der Waals surface area contributed by atoms with Crippen LogP contribution in [0.15, 0.2) is 23.4 Å². The fourth-order valence-electron chi connectivity index (χ4n) is 2.79. The predicted molar refractivity (Wildman–Crippen MR) is 104 cm³/mol. The molecule has 7 nitrogen and oxygen atoms in total. The molecule has 0 aliphatic carbocycles. The van der Waals surface area contributed by atoms with Gasteiger partial charge in [0.2, 0.25) is 5.91 Å². The Morgan fingerprint density at radius 2 is 2.15 bits per heavy atom. The molecule has 26 heavy (non-hydrogen) atoms. The highest BCUT2D eigenvalue weighted by Gasteiger charge is 2.14. The number of carbonyl (C=O) groups is 1. The lowest BCUT2D eigenvalue weighted by molar-refractivity contribution is -0.116. The summed E-state index contributed by atoms with van der Waals surface area (Å²) in [6, 6.07) is 1.99. The highest BCUT2D eigenvalue weighted by Crippen LogP contribution is 2.25. The molecule has 0 aliphatic rings. The van der Waals surface area contributed by atoms with E-state index >= 15 is 0 Å². The molecule has 1 N–H and O–H groups in total. The molecule has 0 spiro atoms. The van der Waals surface area contributed by atoms with Crippen molar-refractivity contribution in [1.29, 1.82) is 0 Å². The number of fused-ring (bicyclic) bond motifs is 1. The summed E-state index contributed by atoms with van der Waals surface area (Å²) in [6.45, 7) is 8.33. The van der Waals surface area contributed by atoms with Crippen LogP contribution in [-0.4, -0.2) is 25.2 Å². The monoisotopic (exact) mass is 373 g/mol. The predicted octanol–water partition coefficient (Wildman–Crippen LogP) is 3.27. The summed E-state index contributed by atoms with van der Waals surface area (Å²) in [7, 11) is 0. The van der Waals surface area contributed by atoms with Gasteiger partial charge in [0.1, 0.15) is 10.6 Å². The zero-order valence-corrected chi connectivity index (χ0v) is 16.3. The van der Waals surface area contributed by atoms with Crippen molar-refractivity contribution in [2.24, 2.45) is 0 Å². The number of hydrogen-bond acceptors (Lipinski definition) is 5. The SMILES string of the molecule is CCC(C)n1nccc1NC(=O)CCn1cnc2sc(C)c(C)c2c1=O. The van der Waals surface area contributed by atoms with Gasteiger partial charge in [-0.05, 0) is 32.8 Å². The molecule has 3 rings (SSSR count). The second-order valence-corrected chi connectivity index (χ2v) is 7.63. The van der Waals surface area contributed by atoms with E-state index in [1.54, 1.807) is 16.9 Å². The first-order chi connectivity index (χ1) is 12.4. The van der Waals surface area contributed by atoms with Crippen molar-refractivity contribution in [3.05, 3.63) is 39.4 Å². The van der Waals surface area contributed by atoms with Gasteiger partial charge < -0.3 is 5.32 Å². The van der Waals surface area contributed by atoms with Gasteiger partial charge in [0.25, 0.3) is 5.56 Å². The lowest BCUT2D eigenvalue weighted by Crippen LogP contribution is -2.24. The molecule has 1 unspecified atom stereocenters. The topological polar surface area (TPSA) is 81.8 Å². The molecule has 3 heterocycles. The Morgan fingerprint density at radius 3 is 2.88 bits per heavy atom. The summed E-state index contributed by atoms with van der Waals surface area (Å²) in [5.74, 6) is 0.523. The number of nitrogens with one attached hydrogen (secondary N) is 1. The molecule has 1 amide bonds. The van der Waals surface area contributed by atoms with E-state index in [2.05, 4.69) is 22.3 Å². The highest BCUT2D eigenvalue weighted by molar-refractivity contribution is 7.18. The number of carbonyl (C=O) groups excluding carboxylic acids is 1. The highest BCUT2D eigenvalue weighted by atomic mass is 32.1. The number of hydrogen-bond donors (Lipinski definition) is 1. The van der Waals surface area contributed by atoms with Crippen LogP contribution >= 0.6 is 11.3 Å². The molecule has 3 aromatic heterocycles. The van der Waals surface area contributed by atoms with Crippen molar-refractivity contribution in [2.45, 2.75) is 53.1 Å². The van der Waals surface area contributed by atoms with E-state index in [1.807, 2.05) is 20.8 Å². The number of rotatable bonds is 6. The molecule has 0 aromatic carbocycles. The van der Waals surface area contributed by atoms with Gasteiger partial charge in [-0.3, -0.25) is 14.2 Å². The first kappa shape index (κ1) is 18.3. The zero-order valence-electron chi connectivity index (χ0n) is 15.4. The first-order valence-electron chi connectivity index (χ1n) is 8.70. The maximum absolute atomic E-state index is 12.7. The Balaban J connectivity index is 1.72. The van der Waals surface area contributed by atoms with Crippen LogP contribution in [0.2, 0.25) is 0 Å². The largest absolute Gasteiger partial charge is 0.311 e. The molecule has 0 bridgehead atoms. The van der Waals surface area contributed by atoms with Gasteiger partial charge in [0.05, 0.1) is 24.0 Å². The van der Waals surface area contributed by atoms with E-state index < -0.39 is 0 Å². The third-order valence-electron chi connectivity index (χ3n) is 4.68. The smallest absolute Gasteiger partial charge is 0.262 e. The molecule has 3 aromatic rings. The van der Waals surface area contributed by atoms with E-state index in [1.165, 1.54) is 22.2 Å². The lowest BCUT2D eigenvalue weighted by atomic mass is 10.2. The summed E-state index contributed by atoms with van der Waals surface area (Å²) in [5.41, 5.74) is 0.882. The average Bonchev–Trinajstić information content (AvgIpc) is 3.19. The van der Waals surface area contributed by atoms with Gasteiger partial charge in [0.15, 0.2) is 0 Å². The normalized spacial score (nSPS) is 12.5. The van der Waals surface area contributed by atoms with Crippen molar-refractivity contribution in [3.63, 3.8) is 0 Å². The van der Waals surface area contributed by atoms with Gasteiger partial charge in [0, 0.05) is 23.9 Å². The van der Waals surface area contributed by atoms with Crippen LogP contribution in [0.4, 0.5) is 5.82 Å². The van der Waals surface area contributed by atoms with Crippen LogP contribution in [0.1, 0.15) is 43.2 Å². The van der Waals surface area contributed by atoms with Crippen LogP contribution in [0, 0.1) is 13.8 Å². The lowest BCUT2D eigenvalue weighted by Gasteiger charge is -2.14. The summed E-state index contributed by atoms with van der Waals surface area (Å²) >= 11 is 1.52. The van der Waals surface area contributed by atoms with Crippen molar-refractivity contribution < 1.29 is 4.79 Å².